The number of nitrogens with zero attached hydrogens (tertiary/aromatic N) is 1. The van der Waals surface area contributed by atoms with E-state index >= 15 is 0 Å². The lowest BCUT2D eigenvalue weighted by atomic mass is 10.2. The number of benzene rings is 2. The summed E-state index contributed by atoms with van der Waals surface area (Å²) in [7, 11) is 0. The molecule has 0 aliphatic carbocycles. The van der Waals surface area contributed by atoms with Crippen molar-refractivity contribution in [3.63, 3.8) is 0 Å². The average molecular weight is 563 g/mol. The third kappa shape index (κ3) is 9.66. The summed E-state index contributed by atoms with van der Waals surface area (Å²) in [5.74, 6) is -8.30. The normalized spacial score (nSPS) is 10.5. The van der Waals surface area contributed by atoms with Gasteiger partial charge in [-0.2, -0.15) is 26.3 Å². The number of nitro groups is 1. The van der Waals surface area contributed by atoms with Crippen molar-refractivity contribution in [1.82, 2.24) is 0 Å². The van der Waals surface area contributed by atoms with Gasteiger partial charge in [-0.25, -0.2) is 8.78 Å². The number of ether oxygens (including phenoxy) is 2. The van der Waals surface area contributed by atoms with Gasteiger partial charge in [0.05, 0.1) is 16.7 Å². The van der Waals surface area contributed by atoms with Crippen LogP contribution in [0.4, 0.5) is 52.2 Å². The highest BCUT2D eigenvalue weighted by Crippen LogP contribution is 2.36. The van der Waals surface area contributed by atoms with Crippen LogP contribution in [0.3, 0.4) is 0 Å². The van der Waals surface area contributed by atoms with E-state index in [0.717, 1.165) is 17.4 Å². The second-order valence-corrected chi connectivity index (χ2v) is 6.03. The van der Waals surface area contributed by atoms with E-state index in [4.69, 9.17) is 0 Å². The lowest BCUT2D eigenvalue weighted by molar-refractivity contribution is -0.384. The number of hydrogen-bond acceptors (Lipinski definition) is 8. The van der Waals surface area contributed by atoms with E-state index in [0.29, 0.717) is 12.1 Å². The molecule has 2 rings (SSSR count). The molecular formula is C19H13F8N3O8. The quantitative estimate of drug-likeness (QED) is 0.219. The molecule has 0 aliphatic heterocycles. The minimum absolute atomic E-state index is 0. The van der Waals surface area contributed by atoms with Gasteiger partial charge in [0.25, 0.3) is 18.6 Å². The van der Waals surface area contributed by atoms with Gasteiger partial charge in [0.15, 0.2) is 17.2 Å². The Kier molecular flexibility index (Phi) is 11.7. The molecule has 0 heterocycles. The highest BCUT2D eigenvalue weighted by molar-refractivity contribution is 5.98. The SMILES string of the molecule is C.O=COc1cc(F)cc([N+](=O)[O-])c1NC(=O)C(F)(F)F.O=COc1cc(F)ccc1NC(=O)C(F)(F)F. The van der Waals surface area contributed by atoms with Gasteiger partial charge in [-0.1, -0.05) is 7.43 Å². The largest absolute Gasteiger partial charge is 0.471 e. The summed E-state index contributed by atoms with van der Waals surface area (Å²) in [5, 5.41) is 13.2. The standard InChI is InChI=1S/C9H4F4N2O5.C9H5F4NO3.CH4/c10-4-1-5(15(18)19)7(6(2-4)20-3-16)14-8(17)9(11,12)13;10-5-1-2-6(7(3-5)17-4-15)14-8(16)9(11,12)13;/h1-3H,(H,14,17);1-4H,(H,14,16);1H4. The van der Waals surface area contributed by atoms with Crippen LogP contribution in [0.25, 0.3) is 0 Å². The second-order valence-electron chi connectivity index (χ2n) is 6.03. The predicted octanol–water partition coefficient (Wildman–Crippen LogP) is 4.27. The van der Waals surface area contributed by atoms with E-state index in [9.17, 15) is 64.4 Å². The van der Waals surface area contributed by atoms with Crippen molar-refractivity contribution in [3.8, 4) is 11.5 Å². The Labute approximate surface area is 205 Å². The van der Waals surface area contributed by atoms with Crippen LogP contribution in [0, 0.1) is 21.7 Å². The van der Waals surface area contributed by atoms with Crippen LogP contribution in [-0.2, 0) is 19.2 Å². The molecule has 2 N–H and O–H groups in total. The first kappa shape index (κ1) is 33.2. The smallest absolute Gasteiger partial charge is 0.426 e. The topological polar surface area (TPSA) is 154 Å². The summed E-state index contributed by atoms with van der Waals surface area (Å²) < 4.78 is 106. The second kappa shape index (κ2) is 13.5. The lowest BCUT2D eigenvalue weighted by Crippen LogP contribution is -2.30. The molecule has 0 saturated heterocycles. The third-order valence-electron chi connectivity index (χ3n) is 3.54. The minimum Gasteiger partial charge on any atom is -0.426 e. The minimum atomic E-state index is -5.33. The van der Waals surface area contributed by atoms with Gasteiger partial charge in [0.2, 0.25) is 0 Å². The van der Waals surface area contributed by atoms with Crippen molar-refractivity contribution in [2.75, 3.05) is 10.6 Å². The first-order valence-corrected chi connectivity index (χ1v) is 8.75. The van der Waals surface area contributed by atoms with Crippen LogP contribution >= 0.6 is 0 Å². The fraction of sp³-hybridized carbons (Fsp3) is 0.158. The van der Waals surface area contributed by atoms with E-state index in [2.05, 4.69) is 9.47 Å². The molecule has 0 aromatic heterocycles. The van der Waals surface area contributed by atoms with Crippen molar-refractivity contribution in [2.24, 2.45) is 0 Å². The lowest BCUT2D eigenvalue weighted by Gasteiger charge is -2.11. The molecule has 2 amide bonds. The predicted molar refractivity (Wildman–Crippen MR) is 109 cm³/mol. The fourth-order valence-electron chi connectivity index (χ4n) is 2.11. The van der Waals surface area contributed by atoms with Crippen molar-refractivity contribution < 1.29 is 68.7 Å². The zero-order valence-corrected chi connectivity index (χ0v) is 17.3. The molecular weight excluding hydrogens is 550 g/mol. The van der Waals surface area contributed by atoms with E-state index in [1.54, 1.807) is 0 Å². The number of amides is 2. The number of carbonyl (C=O) groups is 4. The molecule has 0 saturated carbocycles. The van der Waals surface area contributed by atoms with Gasteiger partial charge in [-0.05, 0) is 12.1 Å². The van der Waals surface area contributed by atoms with Crippen LogP contribution in [0.15, 0.2) is 30.3 Å². The number of halogens is 8. The molecule has 11 nitrogen and oxygen atoms in total. The maximum Gasteiger partial charge on any atom is 0.471 e. The number of rotatable bonds is 7. The number of alkyl halides is 6. The molecule has 19 heteroatoms. The summed E-state index contributed by atoms with van der Waals surface area (Å²) in [5.41, 5.74) is -2.73. The molecule has 0 bridgehead atoms. The monoisotopic (exact) mass is 563 g/mol. The number of nitrogens with one attached hydrogen (secondary N) is 2. The van der Waals surface area contributed by atoms with Gasteiger partial charge in [0, 0.05) is 12.1 Å². The number of carbonyl (C=O) groups excluding carboxylic acids is 4. The summed E-state index contributed by atoms with van der Waals surface area (Å²) in [6.45, 7) is -0.389. The maximum atomic E-state index is 13.0. The Balaban J connectivity index is 0.000000711. The first-order valence-electron chi connectivity index (χ1n) is 8.75. The third-order valence-corrected chi connectivity index (χ3v) is 3.54. The van der Waals surface area contributed by atoms with E-state index in [-0.39, 0.29) is 26.4 Å². The van der Waals surface area contributed by atoms with E-state index in [1.807, 2.05) is 0 Å². The van der Waals surface area contributed by atoms with Crippen LogP contribution in [0.1, 0.15) is 7.43 Å². The van der Waals surface area contributed by atoms with Gasteiger partial charge < -0.3 is 20.1 Å². The van der Waals surface area contributed by atoms with Crippen molar-refractivity contribution >= 4 is 41.8 Å². The van der Waals surface area contributed by atoms with Gasteiger partial charge in [0.1, 0.15) is 11.6 Å². The van der Waals surface area contributed by atoms with Crippen LogP contribution in [0.5, 0.6) is 11.5 Å². The Hall–Kier alpha value is -4.84. The summed E-state index contributed by atoms with van der Waals surface area (Å²) in [4.78, 5) is 50.9. The molecule has 0 unspecified atom stereocenters. The zero-order chi connectivity index (χ0) is 28.6. The Morgan fingerprint density at radius 2 is 1.29 bits per heavy atom. The van der Waals surface area contributed by atoms with E-state index < -0.39 is 69.3 Å². The highest BCUT2D eigenvalue weighted by Gasteiger charge is 2.41. The summed E-state index contributed by atoms with van der Waals surface area (Å²) in [6, 6.07) is 3.00. The van der Waals surface area contributed by atoms with Crippen LogP contribution in [0.2, 0.25) is 0 Å². The number of hydrogen-bond donors (Lipinski definition) is 2. The molecule has 208 valence electrons. The van der Waals surface area contributed by atoms with E-state index in [1.165, 1.54) is 5.32 Å². The average Bonchev–Trinajstić information content (AvgIpc) is 2.76. The Bertz CT molecular complexity index is 1200. The highest BCUT2D eigenvalue weighted by atomic mass is 19.4. The van der Waals surface area contributed by atoms with Crippen LogP contribution in [-0.4, -0.2) is 42.0 Å². The molecule has 0 aliphatic rings. The van der Waals surface area contributed by atoms with Crippen LogP contribution < -0.4 is 20.1 Å². The van der Waals surface area contributed by atoms with Crippen molar-refractivity contribution in [1.29, 1.82) is 0 Å². The molecule has 0 fully saturated rings. The molecule has 0 atom stereocenters. The van der Waals surface area contributed by atoms with Gasteiger partial charge >= 0.3 is 24.2 Å². The molecule has 2 aromatic rings. The van der Waals surface area contributed by atoms with Crippen molar-refractivity contribution in [3.05, 3.63) is 52.1 Å². The fourth-order valence-corrected chi connectivity index (χ4v) is 2.11. The van der Waals surface area contributed by atoms with Gasteiger partial charge in [-0.15, -0.1) is 0 Å². The molecule has 0 spiro atoms. The number of anilines is 2. The Morgan fingerprint density at radius 3 is 1.76 bits per heavy atom. The maximum absolute atomic E-state index is 13.0. The van der Waals surface area contributed by atoms with Gasteiger partial charge in [-0.3, -0.25) is 29.3 Å². The molecule has 2 aromatic carbocycles. The molecule has 38 heavy (non-hydrogen) atoms. The molecule has 0 radical (unpaired) electrons. The first-order chi connectivity index (χ1) is 17.0. The zero-order valence-electron chi connectivity index (χ0n) is 17.3. The summed E-state index contributed by atoms with van der Waals surface area (Å²) >= 11 is 0. The Morgan fingerprint density at radius 1 is 0.816 bits per heavy atom. The van der Waals surface area contributed by atoms with Crippen molar-refractivity contribution in [2.45, 2.75) is 19.8 Å². The summed E-state index contributed by atoms with van der Waals surface area (Å²) in [6.07, 6.45) is -10.4. The number of nitro benzene ring substituents is 1.